The largest absolute Gasteiger partial charge is 0.642 e. The van der Waals surface area contributed by atoms with E-state index in [-0.39, 0.29) is 0 Å². The highest BCUT2D eigenvalue weighted by Gasteiger charge is 2.32. The van der Waals surface area contributed by atoms with Gasteiger partial charge in [-0.3, -0.25) is 0 Å². The first-order valence-electron chi connectivity index (χ1n) is 4.72. The Kier molecular flexibility index (Phi) is 3.41. The van der Waals surface area contributed by atoms with Gasteiger partial charge in [-0.2, -0.15) is 0 Å². The van der Waals surface area contributed by atoms with E-state index < -0.39 is 14.5 Å². The quantitative estimate of drug-likeness (QED) is 0.652. The molecule has 2 heteroatoms. The SMILES string of the molecule is [CH3][Al]([O]c1ccccc1)[C](C)(C)C. The predicted molar refractivity (Wildman–Crippen MR) is 58.4 cm³/mol. The maximum Gasteiger partial charge on any atom is 0.549 e. The lowest BCUT2D eigenvalue weighted by Crippen LogP contribution is -2.28. The van der Waals surface area contributed by atoms with Gasteiger partial charge in [0.25, 0.3) is 0 Å². The maximum absolute atomic E-state index is 5.92. The lowest BCUT2D eigenvalue weighted by molar-refractivity contribution is 0.520. The van der Waals surface area contributed by atoms with Gasteiger partial charge in [0.1, 0.15) is 0 Å². The van der Waals surface area contributed by atoms with Crippen LogP contribution < -0.4 is 3.79 Å². The summed E-state index contributed by atoms with van der Waals surface area (Å²) in [4.78, 5) is 0. The summed E-state index contributed by atoms with van der Waals surface area (Å²) < 4.78 is 6.25. The Morgan fingerprint density at radius 2 is 1.62 bits per heavy atom. The molecule has 1 nitrogen and oxygen atoms in total. The van der Waals surface area contributed by atoms with Gasteiger partial charge in [0.05, 0.1) is 5.75 Å². The molecule has 1 aromatic rings. The first-order chi connectivity index (χ1) is 6.00. The van der Waals surface area contributed by atoms with Crippen LogP contribution in [0.1, 0.15) is 20.8 Å². The Morgan fingerprint density at radius 3 is 2.08 bits per heavy atom. The Labute approximate surface area is 85.5 Å². The van der Waals surface area contributed by atoms with Crippen molar-refractivity contribution < 1.29 is 3.79 Å². The fourth-order valence-corrected chi connectivity index (χ4v) is 1.80. The average Bonchev–Trinajstić information content (AvgIpc) is 2.04. The molecule has 0 spiro atoms. The molecule has 0 saturated carbocycles. The molecule has 0 bridgehead atoms. The van der Waals surface area contributed by atoms with E-state index in [9.17, 15) is 0 Å². The van der Waals surface area contributed by atoms with Crippen LogP contribution in [0.2, 0.25) is 10.1 Å². The molecule has 0 unspecified atom stereocenters. The summed E-state index contributed by atoms with van der Waals surface area (Å²) in [7, 11) is 0. The Bertz CT molecular complexity index is 251. The smallest absolute Gasteiger partial charge is 0.549 e. The van der Waals surface area contributed by atoms with Crippen LogP contribution in [0.3, 0.4) is 0 Å². The zero-order chi connectivity index (χ0) is 9.90. The molecule has 1 rings (SSSR count). The van der Waals surface area contributed by atoms with E-state index in [1.54, 1.807) is 0 Å². The third kappa shape index (κ3) is 3.42. The molecule has 0 fully saturated rings. The molecular weight excluding hydrogens is 175 g/mol. The summed E-state index contributed by atoms with van der Waals surface area (Å²) in [6.45, 7) is 6.73. The third-order valence-electron chi connectivity index (χ3n) is 2.28. The molecule has 0 aliphatic carbocycles. The molecule has 0 amide bonds. The van der Waals surface area contributed by atoms with E-state index in [0.717, 1.165) is 5.75 Å². The summed E-state index contributed by atoms with van der Waals surface area (Å²) in [6.07, 6.45) is 0. The predicted octanol–water partition coefficient (Wildman–Crippen LogP) is 3.49. The second kappa shape index (κ2) is 4.18. The van der Waals surface area contributed by atoms with Gasteiger partial charge in [-0.25, -0.2) is 0 Å². The zero-order valence-electron chi connectivity index (χ0n) is 8.87. The third-order valence-corrected chi connectivity index (χ3v) is 5.34. The zero-order valence-corrected chi connectivity index (χ0v) is 10.0. The van der Waals surface area contributed by atoms with Crippen LogP contribution in [-0.2, 0) is 0 Å². The van der Waals surface area contributed by atoms with E-state index >= 15 is 0 Å². The van der Waals surface area contributed by atoms with Gasteiger partial charge in [0.2, 0.25) is 0 Å². The van der Waals surface area contributed by atoms with E-state index in [2.05, 4.69) is 26.6 Å². The Morgan fingerprint density at radius 1 is 1.08 bits per heavy atom. The van der Waals surface area contributed by atoms with Crippen molar-refractivity contribution in [3.05, 3.63) is 30.3 Å². The minimum Gasteiger partial charge on any atom is -0.642 e. The fraction of sp³-hybridized carbons (Fsp3) is 0.455. The normalized spacial score (nSPS) is 11.1. The molecular formula is C11H17AlO. The van der Waals surface area contributed by atoms with Gasteiger partial charge in [-0.1, -0.05) is 44.8 Å². The lowest BCUT2D eigenvalue weighted by atomic mass is 10.2. The van der Waals surface area contributed by atoms with Gasteiger partial charge in [-0.05, 0) is 16.4 Å². The van der Waals surface area contributed by atoms with Crippen LogP contribution in [-0.4, -0.2) is 14.5 Å². The van der Waals surface area contributed by atoms with E-state index in [1.165, 1.54) is 0 Å². The maximum atomic E-state index is 5.92. The van der Waals surface area contributed by atoms with Gasteiger partial charge in [-0.15, -0.1) is 0 Å². The van der Waals surface area contributed by atoms with Crippen LogP contribution in [0, 0.1) is 0 Å². The van der Waals surface area contributed by atoms with Crippen molar-refractivity contribution in [2.45, 2.75) is 30.8 Å². The number of hydrogen-bond acceptors (Lipinski definition) is 1. The molecule has 0 aliphatic rings. The Hall–Kier alpha value is -0.448. The first kappa shape index (κ1) is 10.6. The summed E-state index contributed by atoms with van der Waals surface area (Å²) >= 11 is -1.12. The van der Waals surface area contributed by atoms with Crippen LogP contribution in [0.4, 0.5) is 0 Å². The molecule has 13 heavy (non-hydrogen) atoms. The summed E-state index contributed by atoms with van der Waals surface area (Å²) in [5.41, 5.74) is 0. The second-order valence-electron chi connectivity index (χ2n) is 4.44. The highest BCUT2D eigenvalue weighted by Crippen LogP contribution is 2.28. The standard InChI is InChI=1S/C6H6O.C4H9.CH3.Al/c7-6-4-2-1-3-5-6;1-4(2)3;;/h1-5,7H;1-3H3;1H3;/q;;;+1/p-1. The van der Waals surface area contributed by atoms with Crippen LogP contribution in [0.25, 0.3) is 0 Å². The van der Waals surface area contributed by atoms with Crippen molar-refractivity contribution in [3.8, 4) is 5.75 Å². The van der Waals surface area contributed by atoms with Gasteiger partial charge in [0.15, 0.2) is 0 Å². The van der Waals surface area contributed by atoms with E-state index in [4.69, 9.17) is 3.79 Å². The van der Waals surface area contributed by atoms with Gasteiger partial charge in [0, 0.05) is 0 Å². The van der Waals surface area contributed by atoms with Crippen molar-refractivity contribution in [1.29, 1.82) is 0 Å². The molecule has 0 N–H and O–H groups in total. The van der Waals surface area contributed by atoms with E-state index in [0.29, 0.717) is 4.28 Å². The van der Waals surface area contributed by atoms with Crippen molar-refractivity contribution in [1.82, 2.24) is 0 Å². The van der Waals surface area contributed by atoms with Crippen molar-refractivity contribution in [3.63, 3.8) is 0 Å². The van der Waals surface area contributed by atoms with Crippen molar-refractivity contribution >= 4 is 14.5 Å². The van der Waals surface area contributed by atoms with E-state index in [1.807, 2.05) is 30.3 Å². The summed E-state index contributed by atoms with van der Waals surface area (Å²) in [6, 6.07) is 10.1. The molecule has 0 saturated heterocycles. The highest BCUT2D eigenvalue weighted by molar-refractivity contribution is 6.54. The van der Waals surface area contributed by atoms with Crippen molar-refractivity contribution in [2.75, 3.05) is 0 Å². The van der Waals surface area contributed by atoms with Gasteiger partial charge >= 0.3 is 14.5 Å². The molecule has 0 aliphatic heterocycles. The summed E-state index contributed by atoms with van der Waals surface area (Å²) in [5.74, 6) is 3.25. The number of para-hydroxylation sites is 1. The minimum absolute atomic E-state index is 0.329. The summed E-state index contributed by atoms with van der Waals surface area (Å²) in [5, 5.41) is 0. The monoisotopic (exact) mass is 192 g/mol. The van der Waals surface area contributed by atoms with Crippen LogP contribution >= 0.6 is 0 Å². The number of hydrogen-bond donors (Lipinski definition) is 0. The second-order valence-corrected chi connectivity index (χ2v) is 7.69. The molecule has 0 aromatic heterocycles. The van der Waals surface area contributed by atoms with Gasteiger partial charge < -0.3 is 3.79 Å². The van der Waals surface area contributed by atoms with Crippen LogP contribution in [0.5, 0.6) is 5.75 Å². The molecule has 0 atom stereocenters. The lowest BCUT2D eigenvalue weighted by Gasteiger charge is -2.23. The molecule has 70 valence electrons. The molecule has 0 radical (unpaired) electrons. The topological polar surface area (TPSA) is 9.23 Å². The Balaban J connectivity index is 2.61. The van der Waals surface area contributed by atoms with Crippen molar-refractivity contribution in [2.24, 2.45) is 0 Å². The highest BCUT2D eigenvalue weighted by atomic mass is 27.2. The molecule has 1 aromatic carbocycles. The fourth-order valence-electron chi connectivity index (χ4n) is 0.880. The average molecular weight is 192 g/mol. The number of rotatable bonds is 2. The number of benzene rings is 1. The molecule has 0 heterocycles. The first-order valence-corrected chi connectivity index (χ1v) is 6.92. The van der Waals surface area contributed by atoms with Crippen LogP contribution in [0.15, 0.2) is 30.3 Å². The minimum atomic E-state index is -1.12.